The first kappa shape index (κ1) is 23.8. The maximum Gasteiger partial charge on any atom is 0.0224 e. The first-order valence-corrected chi connectivity index (χ1v) is 15.2. The quantitative estimate of drug-likeness (QED) is 0.300. The zero-order valence-electron chi connectivity index (χ0n) is 20.3. The Balaban J connectivity index is 1.91. The topological polar surface area (TPSA) is 0 Å². The lowest BCUT2D eigenvalue weighted by molar-refractivity contribution is 0.486. The third-order valence-electron chi connectivity index (χ3n) is 7.14. The van der Waals surface area contributed by atoms with E-state index in [1.807, 2.05) is 0 Å². The summed E-state index contributed by atoms with van der Waals surface area (Å²) < 4.78 is 0. The van der Waals surface area contributed by atoms with E-state index in [0.29, 0.717) is 16.0 Å². The largest absolute Gasteiger partial charge is 0.111 e. The minimum absolute atomic E-state index is 0.0812. The van der Waals surface area contributed by atoms with Gasteiger partial charge in [0.05, 0.1) is 0 Å². The van der Waals surface area contributed by atoms with Crippen LogP contribution in [0.1, 0.15) is 113 Å². The first-order valence-electron chi connectivity index (χ1n) is 12.3. The molecule has 0 saturated heterocycles. The third-order valence-corrected chi connectivity index (χ3v) is 14.6. The van der Waals surface area contributed by atoms with Crippen LogP contribution in [0.2, 0.25) is 0 Å². The number of allylic oxidation sites excluding steroid dienone is 3. The molecule has 0 bridgehead atoms. The molecule has 29 heavy (non-hydrogen) atoms. The van der Waals surface area contributed by atoms with Gasteiger partial charge < -0.3 is 0 Å². The van der Waals surface area contributed by atoms with Gasteiger partial charge >= 0.3 is 0 Å². The summed E-state index contributed by atoms with van der Waals surface area (Å²) in [6.45, 7) is 17.3. The van der Waals surface area contributed by atoms with Crippen molar-refractivity contribution >= 4 is 15.8 Å². The fourth-order valence-electron chi connectivity index (χ4n) is 6.54. The summed E-state index contributed by atoms with van der Waals surface area (Å²) in [5, 5.41) is 2.37. The molecule has 1 radical (unpaired) electrons. The predicted octanol–water partition coefficient (Wildman–Crippen LogP) is 9.38. The Labute approximate surface area is 184 Å². The molecule has 1 atom stereocenters. The van der Waals surface area contributed by atoms with Gasteiger partial charge in [0.25, 0.3) is 0 Å². The first-order chi connectivity index (χ1) is 13.6. The lowest BCUT2D eigenvalue weighted by Gasteiger charge is -2.47. The van der Waals surface area contributed by atoms with Crippen LogP contribution in [0.15, 0.2) is 22.7 Å². The van der Waals surface area contributed by atoms with Gasteiger partial charge in [-0.15, -0.1) is 5.73 Å². The molecular weight excluding hydrogens is 386 g/mol. The molecule has 163 valence electrons. The highest BCUT2D eigenvalue weighted by Gasteiger charge is 2.43. The molecule has 0 nitrogen and oxygen atoms in total. The third kappa shape index (κ3) is 5.68. The second kappa shape index (κ2) is 9.72. The second-order valence-electron chi connectivity index (χ2n) is 11.6. The molecule has 0 aliphatic heterocycles. The molecule has 0 spiro atoms. The van der Waals surface area contributed by atoms with Crippen molar-refractivity contribution < 1.29 is 0 Å². The van der Waals surface area contributed by atoms with Gasteiger partial charge in [-0.2, -0.15) is 0 Å². The van der Waals surface area contributed by atoms with Gasteiger partial charge in [0.2, 0.25) is 0 Å². The van der Waals surface area contributed by atoms with Gasteiger partial charge in [0, 0.05) is 11.0 Å². The average molecular weight is 432 g/mol. The van der Waals surface area contributed by atoms with Crippen molar-refractivity contribution in [1.82, 2.24) is 0 Å². The molecular formula is C27H45P2. The monoisotopic (exact) mass is 431 g/mol. The van der Waals surface area contributed by atoms with Crippen LogP contribution < -0.4 is 0 Å². The van der Waals surface area contributed by atoms with Crippen molar-refractivity contribution in [2.24, 2.45) is 0 Å². The van der Waals surface area contributed by atoms with E-state index in [1.165, 1.54) is 64.2 Å². The maximum atomic E-state index is 3.82. The summed E-state index contributed by atoms with van der Waals surface area (Å²) in [5.41, 5.74) is 7.92. The smallest absolute Gasteiger partial charge is 0.0224 e. The molecule has 0 heterocycles. The van der Waals surface area contributed by atoms with Crippen LogP contribution in [0.4, 0.5) is 0 Å². The summed E-state index contributed by atoms with van der Waals surface area (Å²) in [7, 11) is -0.252. The number of hydrogen-bond acceptors (Lipinski definition) is 0. The highest BCUT2D eigenvalue weighted by molar-refractivity contribution is 7.64. The average Bonchev–Trinajstić information content (AvgIpc) is 3.11. The minimum Gasteiger partial charge on any atom is -0.111 e. The van der Waals surface area contributed by atoms with Gasteiger partial charge in [0.1, 0.15) is 0 Å². The Morgan fingerprint density at radius 1 is 0.793 bits per heavy atom. The highest BCUT2D eigenvalue weighted by atomic mass is 31.1. The highest BCUT2D eigenvalue weighted by Crippen LogP contribution is 2.69. The molecule has 0 aromatic heterocycles. The summed E-state index contributed by atoms with van der Waals surface area (Å²) in [4.78, 5) is 0. The van der Waals surface area contributed by atoms with E-state index >= 15 is 0 Å². The standard InChI is InChI=1S/C27H45P2/c1-21(29(26(2,3)4)27(5,6)7)24-19-14-20-25(24)28(22-15-10-8-11-16-22)23-17-12-9-13-18-23/h14,21-23H,8-13,15-18H2,1-7H3/t21-/m1/s1. The summed E-state index contributed by atoms with van der Waals surface area (Å²) >= 11 is 0. The molecule has 2 fully saturated rings. The van der Waals surface area contributed by atoms with Gasteiger partial charge in [-0.3, -0.25) is 0 Å². The lowest BCUT2D eigenvalue weighted by Crippen LogP contribution is -2.32. The van der Waals surface area contributed by atoms with E-state index in [4.69, 9.17) is 0 Å². The van der Waals surface area contributed by atoms with Crippen LogP contribution in [0.25, 0.3) is 0 Å². The van der Waals surface area contributed by atoms with E-state index in [1.54, 1.807) is 10.9 Å². The van der Waals surface area contributed by atoms with E-state index in [-0.39, 0.29) is 15.8 Å². The molecule has 0 amide bonds. The molecule has 3 aliphatic carbocycles. The van der Waals surface area contributed by atoms with E-state index < -0.39 is 0 Å². The SMILES string of the molecule is C[C@H](C1=[C]C=C=C1P(C1CCCCC1)C1CCCCC1)P(C(C)(C)C)C(C)(C)C. The Kier molecular flexibility index (Phi) is 7.97. The van der Waals surface area contributed by atoms with E-state index in [9.17, 15) is 0 Å². The molecule has 2 heteroatoms. The second-order valence-corrected chi connectivity index (χ2v) is 18.5. The zero-order valence-corrected chi connectivity index (χ0v) is 22.1. The fourth-order valence-corrected chi connectivity index (χ4v) is 15.4. The Bertz CT molecular complexity index is 607. The number of rotatable bonds is 5. The maximum absolute atomic E-state index is 3.82. The molecule has 0 N–H and O–H groups in total. The van der Waals surface area contributed by atoms with Crippen LogP contribution in [-0.2, 0) is 0 Å². The van der Waals surface area contributed by atoms with Crippen molar-refractivity contribution in [1.29, 1.82) is 0 Å². The molecule has 0 aromatic carbocycles. The van der Waals surface area contributed by atoms with Crippen LogP contribution >= 0.6 is 15.8 Å². The Morgan fingerprint density at radius 2 is 1.24 bits per heavy atom. The van der Waals surface area contributed by atoms with Crippen molar-refractivity contribution in [3.8, 4) is 0 Å². The van der Waals surface area contributed by atoms with Crippen molar-refractivity contribution in [3.05, 3.63) is 28.8 Å². The fraction of sp³-hybridized carbons (Fsp3) is 0.815. The van der Waals surface area contributed by atoms with Crippen LogP contribution in [0, 0.1) is 6.08 Å². The molecule has 3 aliphatic rings. The molecule has 0 aromatic rings. The van der Waals surface area contributed by atoms with Gasteiger partial charge in [-0.1, -0.05) is 103 Å². The van der Waals surface area contributed by atoms with Crippen LogP contribution in [-0.4, -0.2) is 27.3 Å². The van der Waals surface area contributed by atoms with E-state index in [2.05, 4.69) is 66.3 Å². The van der Waals surface area contributed by atoms with Crippen molar-refractivity contribution in [2.45, 2.75) is 140 Å². The summed E-state index contributed by atoms with van der Waals surface area (Å²) in [5.74, 6) is 0. The van der Waals surface area contributed by atoms with Gasteiger partial charge in [-0.25, -0.2) is 0 Å². The van der Waals surface area contributed by atoms with E-state index in [0.717, 1.165) is 11.3 Å². The van der Waals surface area contributed by atoms with Crippen LogP contribution in [0.3, 0.4) is 0 Å². The van der Waals surface area contributed by atoms with Gasteiger partial charge in [0.15, 0.2) is 0 Å². The van der Waals surface area contributed by atoms with Crippen molar-refractivity contribution in [3.63, 3.8) is 0 Å². The minimum atomic E-state index is -0.171. The zero-order chi connectivity index (χ0) is 21.2. The molecule has 3 rings (SSSR count). The summed E-state index contributed by atoms with van der Waals surface area (Å²) in [6.07, 6.45) is 20.6. The van der Waals surface area contributed by atoms with Crippen molar-refractivity contribution in [2.75, 3.05) is 0 Å². The molecule has 0 unspecified atom stereocenters. The lowest BCUT2D eigenvalue weighted by atomic mass is 9.99. The predicted molar refractivity (Wildman–Crippen MR) is 135 cm³/mol. The summed E-state index contributed by atoms with van der Waals surface area (Å²) in [6, 6.07) is 0. The molecule has 2 saturated carbocycles. The Hall–Kier alpha value is 0.120. The normalized spacial score (nSPS) is 23.6. The van der Waals surface area contributed by atoms with Gasteiger partial charge in [-0.05, 0) is 65.0 Å². The Morgan fingerprint density at radius 3 is 1.66 bits per heavy atom. The number of hydrogen-bond donors (Lipinski definition) is 0. The van der Waals surface area contributed by atoms with Crippen LogP contribution in [0.5, 0.6) is 0 Å².